The van der Waals surface area contributed by atoms with Crippen molar-refractivity contribution in [3.8, 4) is 5.75 Å². The Kier molecular flexibility index (Phi) is 5.35. The van der Waals surface area contributed by atoms with Gasteiger partial charge in [-0.3, -0.25) is 9.59 Å². The second kappa shape index (κ2) is 8.11. The van der Waals surface area contributed by atoms with Gasteiger partial charge in [-0.15, -0.1) is 0 Å². The Bertz CT molecular complexity index is 1200. The molecule has 2 amide bonds. The maximum atomic E-state index is 12.6. The van der Waals surface area contributed by atoms with Crippen LogP contribution < -0.4 is 10.1 Å². The number of aromatic amines is 1. The number of aromatic nitrogens is 1. The summed E-state index contributed by atoms with van der Waals surface area (Å²) in [6.45, 7) is 2.43. The zero-order chi connectivity index (χ0) is 22.1. The van der Waals surface area contributed by atoms with Crippen LogP contribution in [0.5, 0.6) is 5.75 Å². The monoisotopic (exact) mass is 422 g/mol. The van der Waals surface area contributed by atoms with Crippen molar-refractivity contribution in [3.05, 3.63) is 59.1 Å². The third kappa shape index (κ3) is 3.82. The number of hydrogen-bond donors (Lipinski definition) is 4. The summed E-state index contributed by atoms with van der Waals surface area (Å²) in [4.78, 5) is 29.0. The van der Waals surface area contributed by atoms with Gasteiger partial charge in [-0.05, 0) is 30.7 Å². The summed E-state index contributed by atoms with van der Waals surface area (Å²) in [5.74, 6) is 0.512. The lowest BCUT2D eigenvalue weighted by Gasteiger charge is -2.35. The largest absolute Gasteiger partial charge is 0.455 e. The first-order chi connectivity index (χ1) is 14.9. The van der Waals surface area contributed by atoms with Crippen molar-refractivity contribution in [1.29, 1.82) is 5.41 Å². The Hall–Kier alpha value is -3.85. The molecule has 3 aromatic rings. The fourth-order valence-corrected chi connectivity index (χ4v) is 3.45. The number of allylic oxidation sites excluding steroid dienone is 1. The Labute approximate surface area is 177 Å². The van der Waals surface area contributed by atoms with Crippen molar-refractivity contribution < 1.29 is 23.8 Å². The second-order valence-electron chi connectivity index (χ2n) is 7.26. The fourth-order valence-electron chi connectivity index (χ4n) is 3.45. The normalized spacial score (nSPS) is 14.4. The number of H-pyrrole nitrogens is 1. The van der Waals surface area contributed by atoms with Crippen LogP contribution in [0.4, 0.5) is 0 Å². The Morgan fingerprint density at radius 2 is 2.13 bits per heavy atom. The van der Waals surface area contributed by atoms with Crippen molar-refractivity contribution >= 4 is 34.8 Å². The number of hydrogen-bond acceptors (Lipinski definition) is 6. The zero-order valence-corrected chi connectivity index (χ0v) is 17.1. The topological polar surface area (TPSA) is 132 Å². The molecule has 1 fully saturated rings. The highest BCUT2D eigenvalue weighted by Crippen LogP contribution is 2.29. The molecule has 4 rings (SSSR count). The van der Waals surface area contributed by atoms with Crippen LogP contribution in [-0.4, -0.2) is 59.3 Å². The number of carbonyl (C=O) groups is 2. The molecule has 9 nitrogen and oxygen atoms in total. The van der Waals surface area contributed by atoms with Crippen molar-refractivity contribution in [2.75, 3.05) is 20.1 Å². The van der Waals surface area contributed by atoms with Gasteiger partial charge in [-0.2, -0.15) is 0 Å². The summed E-state index contributed by atoms with van der Waals surface area (Å²) in [5, 5.41) is 20.2. The SMILES string of the molecule is CNC(=O)c1cc2ccc(O/C(=C/C=N)c3[nH]cc(C(=O)N4CC(O)C4)c3C)cc2o1. The van der Waals surface area contributed by atoms with Crippen LogP contribution in [-0.2, 0) is 0 Å². The summed E-state index contributed by atoms with van der Waals surface area (Å²) < 4.78 is 11.6. The standard InChI is InChI=1S/C22H22N4O5/c1-12-16(22(29)26-10-14(27)11-26)9-25-20(12)17(5-6-23)30-15-4-3-13-7-19(21(28)24-2)31-18(13)8-15/h3-9,14,23,25,27H,10-11H2,1-2H3,(H,24,28)/b17-5+,23-6?. The molecule has 9 heteroatoms. The van der Waals surface area contributed by atoms with E-state index >= 15 is 0 Å². The molecule has 1 aliphatic rings. The molecule has 0 spiro atoms. The van der Waals surface area contributed by atoms with E-state index in [1.807, 2.05) is 0 Å². The van der Waals surface area contributed by atoms with Crippen LogP contribution in [0.1, 0.15) is 32.2 Å². The Morgan fingerprint density at radius 3 is 2.81 bits per heavy atom. The van der Waals surface area contributed by atoms with Gasteiger partial charge in [0.15, 0.2) is 11.5 Å². The number of benzene rings is 1. The zero-order valence-electron chi connectivity index (χ0n) is 17.1. The highest BCUT2D eigenvalue weighted by atomic mass is 16.5. The number of fused-ring (bicyclic) bond motifs is 1. The molecule has 31 heavy (non-hydrogen) atoms. The summed E-state index contributed by atoms with van der Waals surface area (Å²) in [7, 11) is 1.53. The lowest BCUT2D eigenvalue weighted by molar-refractivity contribution is 0.00585. The summed E-state index contributed by atoms with van der Waals surface area (Å²) in [6, 6.07) is 6.81. The van der Waals surface area contributed by atoms with E-state index in [4.69, 9.17) is 14.6 Å². The first-order valence-electron chi connectivity index (χ1n) is 9.71. The first kappa shape index (κ1) is 20.4. The van der Waals surface area contributed by atoms with Crippen LogP contribution in [0.2, 0.25) is 0 Å². The summed E-state index contributed by atoms with van der Waals surface area (Å²) in [5.41, 5.74) is 2.22. The molecular formula is C22H22N4O5. The van der Waals surface area contributed by atoms with E-state index in [0.29, 0.717) is 47.0 Å². The van der Waals surface area contributed by atoms with E-state index in [0.717, 1.165) is 11.6 Å². The molecule has 1 aromatic carbocycles. The van der Waals surface area contributed by atoms with Crippen LogP contribution in [0.3, 0.4) is 0 Å². The van der Waals surface area contributed by atoms with Gasteiger partial charge in [0, 0.05) is 50.1 Å². The quantitative estimate of drug-likeness (QED) is 0.358. The van der Waals surface area contributed by atoms with Crippen LogP contribution in [0.15, 0.2) is 41.0 Å². The number of aliphatic hydroxyl groups excluding tert-OH is 1. The van der Waals surface area contributed by atoms with Gasteiger partial charge in [0.25, 0.3) is 11.8 Å². The maximum Gasteiger partial charge on any atom is 0.286 e. The Morgan fingerprint density at radius 1 is 1.35 bits per heavy atom. The van der Waals surface area contributed by atoms with Gasteiger partial charge in [-0.1, -0.05) is 0 Å². The van der Waals surface area contributed by atoms with Crippen LogP contribution in [0, 0.1) is 12.3 Å². The number of carbonyl (C=O) groups excluding carboxylic acids is 2. The molecule has 0 aliphatic carbocycles. The molecule has 0 atom stereocenters. The maximum absolute atomic E-state index is 12.6. The highest BCUT2D eigenvalue weighted by Gasteiger charge is 2.31. The van der Waals surface area contributed by atoms with Crippen molar-refractivity contribution in [2.24, 2.45) is 0 Å². The minimum atomic E-state index is -0.472. The summed E-state index contributed by atoms with van der Waals surface area (Å²) in [6.07, 6.45) is 3.70. The van der Waals surface area contributed by atoms with Crippen LogP contribution >= 0.6 is 0 Å². The lowest BCUT2D eigenvalue weighted by atomic mass is 10.1. The molecule has 160 valence electrons. The third-order valence-electron chi connectivity index (χ3n) is 5.17. The Balaban J connectivity index is 1.60. The minimum Gasteiger partial charge on any atom is -0.455 e. The predicted octanol–water partition coefficient (Wildman–Crippen LogP) is 2.32. The van der Waals surface area contributed by atoms with Gasteiger partial charge in [0.2, 0.25) is 0 Å². The molecule has 0 radical (unpaired) electrons. The number of nitrogens with zero attached hydrogens (tertiary/aromatic N) is 1. The molecule has 1 aliphatic heterocycles. The number of aliphatic hydroxyl groups is 1. The number of furan rings is 1. The molecule has 0 bridgehead atoms. The van der Waals surface area contributed by atoms with Crippen molar-refractivity contribution in [1.82, 2.24) is 15.2 Å². The average molecular weight is 422 g/mol. The average Bonchev–Trinajstić information content (AvgIpc) is 3.33. The van der Waals surface area contributed by atoms with Crippen LogP contribution in [0.25, 0.3) is 16.7 Å². The molecule has 0 unspecified atom stereocenters. The van der Waals surface area contributed by atoms with Gasteiger partial charge in [0.1, 0.15) is 11.3 Å². The number of β-amino-alcohol motifs (C(OH)–C–C–N with tert-alkyl or cyclic N) is 1. The van der Waals surface area contributed by atoms with E-state index in [1.54, 1.807) is 42.3 Å². The van der Waals surface area contributed by atoms with Gasteiger partial charge < -0.3 is 34.9 Å². The van der Waals surface area contributed by atoms with E-state index in [-0.39, 0.29) is 17.6 Å². The number of nitrogens with one attached hydrogen (secondary N) is 3. The molecular weight excluding hydrogens is 400 g/mol. The predicted molar refractivity (Wildman–Crippen MR) is 114 cm³/mol. The van der Waals surface area contributed by atoms with E-state index < -0.39 is 6.10 Å². The third-order valence-corrected chi connectivity index (χ3v) is 5.17. The van der Waals surface area contributed by atoms with Gasteiger partial charge in [-0.25, -0.2) is 0 Å². The number of ether oxygens (including phenoxy) is 1. The lowest BCUT2D eigenvalue weighted by Crippen LogP contribution is -2.53. The molecule has 4 N–H and O–H groups in total. The number of amides is 2. The van der Waals surface area contributed by atoms with E-state index in [9.17, 15) is 14.7 Å². The number of rotatable bonds is 6. The highest BCUT2D eigenvalue weighted by molar-refractivity contribution is 5.98. The van der Waals surface area contributed by atoms with Gasteiger partial charge >= 0.3 is 0 Å². The van der Waals surface area contributed by atoms with Crippen molar-refractivity contribution in [2.45, 2.75) is 13.0 Å². The second-order valence-corrected chi connectivity index (χ2v) is 7.26. The fraction of sp³-hybridized carbons (Fsp3) is 0.227. The first-order valence-corrected chi connectivity index (χ1v) is 9.71. The van der Waals surface area contributed by atoms with Gasteiger partial charge in [0.05, 0.1) is 17.4 Å². The smallest absolute Gasteiger partial charge is 0.286 e. The summed E-state index contributed by atoms with van der Waals surface area (Å²) >= 11 is 0. The van der Waals surface area contributed by atoms with E-state index in [2.05, 4.69) is 10.3 Å². The molecule has 2 aromatic heterocycles. The minimum absolute atomic E-state index is 0.168. The molecule has 0 saturated carbocycles. The molecule has 1 saturated heterocycles. The molecule has 3 heterocycles. The number of likely N-dealkylation sites (tertiary alicyclic amines) is 1. The van der Waals surface area contributed by atoms with E-state index in [1.165, 1.54) is 13.1 Å². The van der Waals surface area contributed by atoms with Crippen molar-refractivity contribution in [3.63, 3.8) is 0 Å².